The van der Waals surface area contributed by atoms with E-state index in [0.717, 1.165) is 13.1 Å². The highest BCUT2D eigenvalue weighted by atomic mass is 15.0. The fourth-order valence-corrected chi connectivity index (χ4v) is 3.17. The highest BCUT2D eigenvalue weighted by Crippen LogP contribution is 2.24. The van der Waals surface area contributed by atoms with E-state index in [1.807, 2.05) is 0 Å². The average Bonchev–Trinajstić information content (AvgIpc) is 2.55. The van der Waals surface area contributed by atoms with Gasteiger partial charge in [-0.3, -0.25) is 0 Å². The van der Waals surface area contributed by atoms with Gasteiger partial charge in [0.05, 0.1) is 0 Å². The number of nitrogens with one attached hydrogen (secondary N) is 2. The quantitative estimate of drug-likeness (QED) is 0.894. The average molecular weight is 280 g/mol. The first-order chi connectivity index (χ1) is 10.3. The van der Waals surface area contributed by atoms with Gasteiger partial charge in [0.25, 0.3) is 0 Å². The molecule has 2 N–H and O–H groups in total. The van der Waals surface area contributed by atoms with Gasteiger partial charge in [-0.15, -0.1) is 0 Å². The Kier molecular flexibility index (Phi) is 4.69. The normalized spacial score (nSPS) is 22.1. The first-order valence-corrected chi connectivity index (χ1v) is 7.91. The molecule has 0 radical (unpaired) electrons. The molecule has 2 nitrogen and oxygen atoms in total. The summed E-state index contributed by atoms with van der Waals surface area (Å²) in [4.78, 5) is 0. The first kappa shape index (κ1) is 14.3. The monoisotopic (exact) mass is 280 g/mol. The predicted molar refractivity (Wildman–Crippen MR) is 88.2 cm³/mol. The standard InChI is InChI=1S/C19H24N2/c1-15-8-5-6-11-17(15)14-21-18-12-7-13-20-19(18)16-9-3-2-4-10-16/h2-6,8-11,18-21H,7,12-14H2,1H3. The number of aryl methyl sites for hydroxylation is 1. The van der Waals surface area contributed by atoms with Gasteiger partial charge in [0.2, 0.25) is 0 Å². The highest BCUT2D eigenvalue weighted by molar-refractivity contribution is 5.26. The summed E-state index contributed by atoms with van der Waals surface area (Å²) in [5, 5.41) is 7.44. The van der Waals surface area contributed by atoms with E-state index in [4.69, 9.17) is 0 Å². The molecule has 0 amide bonds. The second-order valence-corrected chi connectivity index (χ2v) is 5.90. The fraction of sp³-hybridized carbons (Fsp3) is 0.368. The molecule has 1 saturated heterocycles. The van der Waals surface area contributed by atoms with E-state index in [0.29, 0.717) is 12.1 Å². The van der Waals surface area contributed by atoms with Gasteiger partial charge in [-0.1, -0.05) is 54.6 Å². The van der Waals surface area contributed by atoms with Crippen LogP contribution in [0.15, 0.2) is 54.6 Å². The van der Waals surface area contributed by atoms with Gasteiger partial charge in [0.1, 0.15) is 0 Å². The van der Waals surface area contributed by atoms with Crippen LogP contribution in [0.25, 0.3) is 0 Å². The van der Waals surface area contributed by atoms with E-state index in [-0.39, 0.29) is 0 Å². The van der Waals surface area contributed by atoms with Crippen LogP contribution < -0.4 is 10.6 Å². The van der Waals surface area contributed by atoms with Crippen LogP contribution >= 0.6 is 0 Å². The van der Waals surface area contributed by atoms with Crippen molar-refractivity contribution in [3.63, 3.8) is 0 Å². The maximum absolute atomic E-state index is 3.76. The molecule has 1 aliphatic rings. The topological polar surface area (TPSA) is 24.1 Å². The van der Waals surface area contributed by atoms with Gasteiger partial charge in [-0.25, -0.2) is 0 Å². The zero-order chi connectivity index (χ0) is 14.5. The van der Waals surface area contributed by atoms with Gasteiger partial charge in [-0.05, 0) is 43.0 Å². The van der Waals surface area contributed by atoms with Crippen LogP contribution in [-0.2, 0) is 6.54 Å². The Balaban J connectivity index is 1.69. The van der Waals surface area contributed by atoms with Crippen LogP contribution in [0, 0.1) is 6.92 Å². The van der Waals surface area contributed by atoms with Gasteiger partial charge in [-0.2, -0.15) is 0 Å². The molecule has 2 aromatic carbocycles. The molecule has 1 fully saturated rings. The molecule has 2 unspecified atom stereocenters. The Morgan fingerprint density at radius 1 is 1.05 bits per heavy atom. The second-order valence-electron chi connectivity index (χ2n) is 5.90. The molecule has 2 aromatic rings. The zero-order valence-electron chi connectivity index (χ0n) is 12.7. The molecular formula is C19H24N2. The summed E-state index contributed by atoms with van der Waals surface area (Å²) < 4.78 is 0. The van der Waals surface area contributed by atoms with Crippen LogP contribution in [-0.4, -0.2) is 12.6 Å². The van der Waals surface area contributed by atoms with Crippen LogP contribution in [0.2, 0.25) is 0 Å². The molecule has 0 spiro atoms. The summed E-state index contributed by atoms with van der Waals surface area (Å²) in [5.74, 6) is 0. The lowest BCUT2D eigenvalue weighted by Crippen LogP contribution is -2.45. The minimum absolute atomic E-state index is 0.420. The third-order valence-corrected chi connectivity index (χ3v) is 4.43. The third kappa shape index (κ3) is 3.52. The van der Waals surface area contributed by atoms with Crippen molar-refractivity contribution in [3.8, 4) is 0 Å². The lowest BCUT2D eigenvalue weighted by atomic mass is 9.92. The lowest BCUT2D eigenvalue weighted by molar-refractivity contribution is 0.304. The predicted octanol–water partition coefficient (Wildman–Crippen LogP) is 3.58. The second kappa shape index (κ2) is 6.88. The van der Waals surface area contributed by atoms with Gasteiger partial charge in [0, 0.05) is 18.6 Å². The number of piperidine rings is 1. The lowest BCUT2D eigenvalue weighted by Gasteiger charge is -2.34. The molecule has 1 aliphatic heterocycles. The number of hydrogen-bond donors (Lipinski definition) is 2. The van der Waals surface area contributed by atoms with Gasteiger partial charge < -0.3 is 10.6 Å². The van der Waals surface area contributed by atoms with Crippen LogP contribution in [0.1, 0.15) is 35.6 Å². The Bertz CT molecular complexity index is 565. The molecule has 0 aliphatic carbocycles. The Morgan fingerprint density at radius 2 is 1.81 bits per heavy atom. The molecule has 0 saturated carbocycles. The molecule has 0 bridgehead atoms. The van der Waals surface area contributed by atoms with Crippen molar-refractivity contribution in [2.24, 2.45) is 0 Å². The summed E-state index contributed by atoms with van der Waals surface area (Å²) in [6, 6.07) is 20.4. The van der Waals surface area contributed by atoms with Crippen molar-refractivity contribution < 1.29 is 0 Å². The van der Waals surface area contributed by atoms with Crippen molar-refractivity contribution in [1.82, 2.24) is 10.6 Å². The summed E-state index contributed by atoms with van der Waals surface area (Å²) in [5.41, 5.74) is 4.15. The van der Waals surface area contributed by atoms with Gasteiger partial charge >= 0.3 is 0 Å². The first-order valence-electron chi connectivity index (χ1n) is 7.91. The molecular weight excluding hydrogens is 256 g/mol. The SMILES string of the molecule is Cc1ccccc1CNC1CCCNC1c1ccccc1. The molecule has 21 heavy (non-hydrogen) atoms. The molecule has 1 heterocycles. The van der Waals surface area contributed by atoms with Crippen LogP contribution in [0.4, 0.5) is 0 Å². The molecule has 110 valence electrons. The maximum Gasteiger partial charge on any atom is 0.0476 e. The smallest absolute Gasteiger partial charge is 0.0476 e. The molecule has 2 heteroatoms. The van der Waals surface area contributed by atoms with E-state index in [1.54, 1.807) is 0 Å². The van der Waals surface area contributed by atoms with Gasteiger partial charge in [0.15, 0.2) is 0 Å². The Morgan fingerprint density at radius 3 is 2.62 bits per heavy atom. The largest absolute Gasteiger partial charge is 0.309 e. The number of rotatable bonds is 4. The van der Waals surface area contributed by atoms with Crippen LogP contribution in [0.5, 0.6) is 0 Å². The van der Waals surface area contributed by atoms with E-state index >= 15 is 0 Å². The van der Waals surface area contributed by atoms with Crippen molar-refractivity contribution in [3.05, 3.63) is 71.3 Å². The Labute approximate surface area is 127 Å². The molecule has 3 rings (SSSR count). The van der Waals surface area contributed by atoms with E-state index < -0.39 is 0 Å². The van der Waals surface area contributed by atoms with Crippen molar-refractivity contribution in [2.75, 3.05) is 6.54 Å². The minimum atomic E-state index is 0.420. The van der Waals surface area contributed by atoms with E-state index in [2.05, 4.69) is 72.2 Å². The molecule has 0 aromatic heterocycles. The van der Waals surface area contributed by atoms with Crippen molar-refractivity contribution in [1.29, 1.82) is 0 Å². The summed E-state index contributed by atoms with van der Waals surface area (Å²) in [6.45, 7) is 4.25. The number of benzene rings is 2. The summed E-state index contributed by atoms with van der Waals surface area (Å²) >= 11 is 0. The zero-order valence-corrected chi connectivity index (χ0v) is 12.7. The van der Waals surface area contributed by atoms with Crippen LogP contribution in [0.3, 0.4) is 0 Å². The number of hydrogen-bond acceptors (Lipinski definition) is 2. The minimum Gasteiger partial charge on any atom is -0.309 e. The fourth-order valence-electron chi connectivity index (χ4n) is 3.17. The maximum atomic E-state index is 3.76. The summed E-state index contributed by atoms with van der Waals surface area (Å²) in [7, 11) is 0. The van der Waals surface area contributed by atoms with Crippen molar-refractivity contribution in [2.45, 2.75) is 38.4 Å². The van der Waals surface area contributed by atoms with E-state index in [9.17, 15) is 0 Å². The van der Waals surface area contributed by atoms with E-state index in [1.165, 1.54) is 29.5 Å². The third-order valence-electron chi connectivity index (χ3n) is 4.43. The highest BCUT2D eigenvalue weighted by Gasteiger charge is 2.25. The van der Waals surface area contributed by atoms with Crippen molar-refractivity contribution >= 4 is 0 Å². The summed E-state index contributed by atoms with van der Waals surface area (Å²) in [6.07, 6.45) is 2.48. The Hall–Kier alpha value is -1.64. The molecule has 2 atom stereocenters.